The minimum atomic E-state index is -2.88. The van der Waals surface area contributed by atoms with Gasteiger partial charge in [-0.05, 0) is 41.8 Å². The van der Waals surface area contributed by atoms with Gasteiger partial charge in [-0.15, -0.1) is 10.2 Å². The van der Waals surface area contributed by atoms with Gasteiger partial charge in [0, 0.05) is 49.6 Å². The van der Waals surface area contributed by atoms with Gasteiger partial charge in [0.2, 0.25) is 11.8 Å². The Morgan fingerprint density at radius 1 is 1.15 bits per heavy atom. The number of amides is 2. The molecule has 0 N–H and O–H groups in total. The molecule has 0 spiro atoms. The zero-order valence-electron chi connectivity index (χ0n) is 18.2. The van der Waals surface area contributed by atoms with E-state index in [0.717, 1.165) is 11.1 Å². The summed E-state index contributed by atoms with van der Waals surface area (Å²) in [6.45, 7) is 2.83. The Morgan fingerprint density at radius 2 is 1.91 bits per heavy atom. The second-order valence-corrected chi connectivity index (χ2v) is 8.53. The highest BCUT2D eigenvalue weighted by Gasteiger charge is 2.41. The molecule has 5 rings (SSSR count). The summed E-state index contributed by atoms with van der Waals surface area (Å²) in [5.74, 6) is -1.63. The van der Waals surface area contributed by atoms with Gasteiger partial charge in [-0.25, -0.2) is 4.39 Å². The number of rotatable bonds is 4. The first-order chi connectivity index (χ1) is 16.3. The van der Waals surface area contributed by atoms with Crippen molar-refractivity contribution in [3.05, 3.63) is 70.9 Å². The van der Waals surface area contributed by atoms with E-state index in [1.807, 2.05) is 0 Å². The highest BCUT2D eigenvalue weighted by atomic mass is 19.3. The van der Waals surface area contributed by atoms with Gasteiger partial charge in [0.25, 0.3) is 11.8 Å². The Bertz CT molecular complexity index is 1240. The minimum Gasteiger partial charge on any atom is -0.415 e. The molecule has 34 heavy (non-hydrogen) atoms. The largest absolute Gasteiger partial charge is 0.415 e. The van der Waals surface area contributed by atoms with E-state index in [1.165, 1.54) is 19.1 Å². The average molecular weight is 470 g/mol. The number of hydrogen-bond donors (Lipinski definition) is 0. The van der Waals surface area contributed by atoms with Gasteiger partial charge >= 0.3 is 6.43 Å². The van der Waals surface area contributed by atoms with Gasteiger partial charge in [0.05, 0.1) is 0 Å². The van der Waals surface area contributed by atoms with Crippen LogP contribution in [-0.2, 0) is 11.3 Å². The normalized spacial score (nSPS) is 20.2. The molecule has 2 aliphatic heterocycles. The van der Waals surface area contributed by atoms with Crippen LogP contribution in [0.4, 0.5) is 13.2 Å². The lowest BCUT2D eigenvalue weighted by Crippen LogP contribution is -2.51. The second-order valence-electron chi connectivity index (χ2n) is 8.53. The molecule has 1 saturated heterocycles. The maximum atomic E-state index is 13.5. The lowest BCUT2D eigenvalue weighted by Gasteiger charge is -2.42. The smallest absolute Gasteiger partial charge is 0.314 e. The van der Waals surface area contributed by atoms with Crippen LogP contribution in [0.15, 0.2) is 46.9 Å². The first-order valence-corrected chi connectivity index (χ1v) is 10.9. The summed E-state index contributed by atoms with van der Waals surface area (Å²) >= 11 is 0. The number of hydrogen-bond acceptors (Lipinski definition) is 5. The van der Waals surface area contributed by atoms with E-state index in [-0.39, 0.29) is 35.5 Å². The van der Waals surface area contributed by atoms with Gasteiger partial charge < -0.3 is 14.2 Å². The molecule has 3 aromatic rings. The van der Waals surface area contributed by atoms with Gasteiger partial charge in [0.1, 0.15) is 5.82 Å². The quantitative estimate of drug-likeness (QED) is 0.572. The van der Waals surface area contributed by atoms with Crippen molar-refractivity contribution < 1.29 is 27.2 Å². The standard InChI is InChI=1S/C24H21F3N4O3/c1-13(32)30-9-8-20(19(12-30)14-4-6-17(25)7-5-14)31-11-16-3-2-15(10-18(16)24(31)33)22-28-29-23(34-22)21(26)27/h2-7,10,19-21H,8-9,11-12H2,1H3/t19-,20+/m0/s1. The zero-order valence-corrected chi connectivity index (χ0v) is 18.2. The van der Waals surface area contributed by atoms with E-state index in [0.29, 0.717) is 37.2 Å². The molecule has 0 saturated carbocycles. The third kappa shape index (κ3) is 3.93. The molecule has 0 aliphatic carbocycles. The van der Waals surface area contributed by atoms with E-state index in [1.54, 1.807) is 40.1 Å². The van der Waals surface area contributed by atoms with Crippen molar-refractivity contribution in [1.82, 2.24) is 20.0 Å². The lowest BCUT2D eigenvalue weighted by atomic mass is 9.85. The topological polar surface area (TPSA) is 79.5 Å². The monoisotopic (exact) mass is 470 g/mol. The highest BCUT2D eigenvalue weighted by molar-refractivity contribution is 5.99. The third-order valence-electron chi connectivity index (χ3n) is 6.54. The van der Waals surface area contributed by atoms with Gasteiger partial charge in [-0.3, -0.25) is 9.59 Å². The number of carbonyl (C=O) groups excluding carboxylic acids is 2. The van der Waals surface area contributed by atoms with E-state index in [9.17, 15) is 22.8 Å². The highest BCUT2D eigenvalue weighted by Crippen LogP contribution is 2.37. The van der Waals surface area contributed by atoms with Crippen LogP contribution in [-0.4, -0.2) is 50.9 Å². The Kier molecular flexibility index (Phi) is 5.59. The molecule has 1 fully saturated rings. The third-order valence-corrected chi connectivity index (χ3v) is 6.54. The summed E-state index contributed by atoms with van der Waals surface area (Å²) in [6.07, 6.45) is -2.30. The Morgan fingerprint density at radius 3 is 2.59 bits per heavy atom. The zero-order chi connectivity index (χ0) is 24.0. The van der Waals surface area contributed by atoms with Crippen LogP contribution in [0.2, 0.25) is 0 Å². The molecule has 10 heteroatoms. The number of carbonyl (C=O) groups is 2. The van der Waals surface area contributed by atoms with Crippen LogP contribution in [0, 0.1) is 5.82 Å². The fourth-order valence-corrected chi connectivity index (χ4v) is 4.80. The molecule has 2 atom stereocenters. The van der Waals surface area contributed by atoms with Crippen molar-refractivity contribution in [2.24, 2.45) is 0 Å². The first kappa shape index (κ1) is 22.1. The molecule has 1 aromatic heterocycles. The van der Waals surface area contributed by atoms with Crippen LogP contribution in [0.1, 0.15) is 53.1 Å². The fourth-order valence-electron chi connectivity index (χ4n) is 4.80. The maximum absolute atomic E-state index is 13.5. The molecule has 0 unspecified atom stereocenters. The van der Waals surface area contributed by atoms with E-state index >= 15 is 0 Å². The van der Waals surface area contributed by atoms with Crippen molar-refractivity contribution in [3.8, 4) is 11.5 Å². The number of fused-ring (bicyclic) bond motifs is 1. The summed E-state index contributed by atoms with van der Waals surface area (Å²) in [7, 11) is 0. The van der Waals surface area contributed by atoms with E-state index < -0.39 is 12.3 Å². The predicted octanol–water partition coefficient (Wildman–Crippen LogP) is 4.17. The number of halogens is 3. The summed E-state index contributed by atoms with van der Waals surface area (Å²) < 4.78 is 44.2. The number of benzene rings is 2. The molecular formula is C24H21F3N4O3. The maximum Gasteiger partial charge on any atom is 0.314 e. The molecule has 2 aromatic carbocycles. The van der Waals surface area contributed by atoms with Crippen LogP contribution in [0.25, 0.3) is 11.5 Å². The van der Waals surface area contributed by atoms with Gasteiger partial charge in [-0.2, -0.15) is 8.78 Å². The second kappa shape index (κ2) is 8.58. The van der Waals surface area contributed by atoms with Crippen LogP contribution in [0.3, 0.4) is 0 Å². The Balaban J connectivity index is 1.44. The predicted molar refractivity (Wildman–Crippen MR) is 114 cm³/mol. The van der Waals surface area contributed by atoms with Gasteiger partial charge in [-0.1, -0.05) is 18.2 Å². The van der Waals surface area contributed by atoms with Crippen molar-refractivity contribution in [2.75, 3.05) is 13.1 Å². The summed E-state index contributed by atoms with van der Waals surface area (Å²) in [5, 5.41) is 7.00. The number of nitrogens with zero attached hydrogens (tertiary/aromatic N) is 4. The van der Waals surface area contributed by atoms with Gasteiger partial charge in [0.15, 0.2) is 0 Å². The molecule has 0 radical (unpaired) electrons. The molecular weight excluding hydrogens is 449 g/mol. The summed E-state index contributed by atoms with van der Waals surface area (Å²) in [6, 6.07) is 10.9. The molecule has 2 amide bonds. The molecule has 7 nitrogen and oxygen atoms in total. The minimum absolute atomic E-state index is 0.0473. The Hall–Kier alpha value is -3.69. The van der Waals surface area contributed by atoms with Crippen molar-refractivity contribution in [3.63, 3.8) is 0 Å². The molecule has 0 bridgehead atoms. The van der Waals surface area contributed by atoms with Crippen molar-refractivity contribution in [1.29, 1.82) is 0 Å². The summed E-state index contributed by atoms with van der Waals surface area (Å²) in [5.41, 5.74) is 2.48. The number of aromatic nitrogens is 2. The van der Waals surface area contributed by atoms with E-state index in [4.69, 9.17) is 4.42 Å². The Labute approximate surface area is 193 Å². The number of alkyl halides is 2. The molecule has 3 heterocycles. The molecule has 2 aliphatic rings. The average Bonchev–Trinajstić information content (AvgIpc) is 3.44. The molecule has 176 valence electrons. The summed E-state index contributed by atoms with van der Waals surface area (Å²) in [4.78, 5) is 29.0. The van der Waals surface area contributed by atoms with Crippen molar-refractivity contribution in [2.45, 2.75) is 38.3 Å². The lowest BCUT2D eigenvalue weighted by molar-refractivity contribution is -0.130. The number of likely N-dealkylation sites (tertiary alicyclic amines) is 1. The van der Waals surface area contributed by atoms with Crippen molar-refractivity contribution >= 4 is 11.8 Å². The first-order valence-electron chi connectivity index (χ1n) is 10.9. The fraction of sp³-hybridized carbons (Fsp3) is 0.333. The van der Waals surface area contributed by atoms with E-state index in [2.05, 4.69) is 10.2 Å². The van der Waals surface area contributed by atoms with Crippen LogP contribution >= 0.6 is 0 Å². The number of piperidine rings is 1. The van der Waals surface area contributed by atoms with Crippen LogP contribution in [0.5, 0.6) is 0 Å². The van der Waals surface area contributed by atoms with Crippen LogP contribution < -0.4 is 0 Å². The SMILES string of the molecule is CC(=O)N1CC[C@@H](N2Cc3ccc(-c4nnc(C(F)F)o4)cc3C2=O)[C@H](c2ccc(F)cc2)C1.